The lowest BCUT2D eigenvalue weighted by Crippen LogP contribution is -2.42. The summed E-state index contributed by atoms with van der Waals surface area (Å²) in [4.78, 5) is 14.9. The zero-order valence-electron chi connectivity index (χ0n) is 13.3. The molecule has 1 aromatic heterocycles. The number of piperazine rings is 1. The second-order valence-electron chi connectivity index (χ2n) is 6.15. The maximum atomic E-state index is 12.4. The van der Waals surface area contributed by atoms with Crippen LogP contribution in [0.2, 0.25) is 0 Å². The fourth-order valence-electron chi connectivity index (χ4n) is 2.91. The molecule has 0 saturated carbocycles. The van der Waals surface area contributed by atoms with Gasteiger partial charge in [0.1, 0.15) is 0 Å². The van der Waals surface area contributed by atoms with E-state index in [0.29, 0.717) is 0 Å². The number of aromatic nitrogens is 2. The van der Waals surface area contributed by atoms with Gasteiger partial charge in [0.15, 0.2) is 0 Å². The second kappa shape index (κ2) is 6.50. The lowest BCUT2D eigenvalue weighted by atomic mass is 10.1. The number of nitrogens with zero attached hydrogens (tertiary/aromatic N) is 3. The molecule has 118 valence electrons. The third-order valence-electron chi connectivity index (χ3n) is 4.16. The van der Waals surface area contributed by atoms with Gasteiger partial charge in [-0.3, -0.25) is 14.0 Å². The van der Waals surface area contributed by atoms with E-state index in [1.807, 2.05) is 38.4 Å². The summed E-state index contributed by atoms with van der Waals surface area (Å²) >= 11 is 0. The Morgan fingerprint density at radius 3 is 2.64 bits per heavy atom. The number of imidazole rings is 1. The highest BCUT2D eigenvalue weighted by molar-refractivity contribution is 5.36. The lowest BCUT2D eigenvalue weighted by molar-refractivity contribution is 0.233. The van der Waals surface area contributed by atoms with Crippen molar-refractivity contribution in [1.82, 2.24) is 19.4 Å². The summed E-state index contributed by atoms with van der Waals surface area (Å²) in [7, 11) is 0. The highest BCUT2D eigenvalue weighted by Crippen LogP contribution is 2.12. The van der Waals surface area contributed by atoms with Crippen LogP contribution in [0.4, 0.5) is 0 Å². The van der Waals surface area contributed by atoms with Crippen LogP contribution >= 0.6 is 0 Å². The number of benzene rings is 1. The molecule has 1 aliphatic heterocycles. The Bertz CT molecular complexity index is 680. The first-order chi connectivity index (χ1) is 10.6. The summed E-state index contributed by atoms with van der Waals surface area (Å²) in [5.74, 6) is 0. The number of hydrogen-bond donors (Lipinski definition) is 1. The molecule has 0 amide bonds. The van der Waals surface area contributed by atoms with Crippen LogP contribution in [0.25, 0.3) is 5.69 Å². The van der Waals surface area contributed by atoms with Crippen molar-refractivity contribution in [1.29, 1.82) is 0 Å². The Morgan fingerprint density at radius 2 is 1.95 bits per heavy atom. The molecule has 3 rings (SSSR count). The summed E-state index contributed by atoms with van der Waals surface area (Å²) < 4.78 is 3.48. The van der Waals surface area contributed by atoms with Crippen molar-refractivity contribution < 1.29 is 0 Å². The molecule has 0 aliphatic carbocycles. The van der Waals surface area contributed by atoms with Crippen LogP contribution in [0, 0.1) is 0 Å². The van der Waals surface area contributed by atoms with Gasteiger partial charge in [-0.15, -0.1) is 0 Å². The lowest BCUT2D eigenvalue weighted by Gasteiger charge is -2.27. The Kier molecular flexibility index (Phi) is 4.45. The van der Waals surface area contributed by atoms with Gasteiger partial charge in [-0.2, -0.15) is 0 Å². The van der Waals surface area contributed by atoms with E-state index in [1.165, 1.54) is 5.56 Å². The SMILES string of the molecule is CC(C)n1ccn(-c2cccc(CN3CCNCC3)c2)c1=O. The summed E-state index contributed by atoms with van der Waals surface area (Å²) in [6.45, 7) is 9.24. The van der Waals surface area contributed by atoms with Crippen LogP contribution in [0.3, 0.4) is 0 Å². The molecule has 0 spiro atoms. The molecule has 2 heterocycles. The zero-order valence-corrected chi connectivity index (χ0v) is 13.3. The molecule has 0 unspecified atom stereocenters. The van der Waals surface area contributed by atoms with Gasteiger partial charge in [0.05, 0.1) is 5.69 Å². The molecular weight excluding hydrogens is 276 g/mol. The van der Waals surface area contributed by atoms with Crippen LogP contribution in [-0.2, 0) is 6.54 Å². The van der Waals surface area contributed by atoms with Gasteiger partial charge < -0.3 is 5.32 Å². The van der Waals surface area contributed by atoms with E-state index in [0.717, 1.165) is 38.4 Å². The van der Waals surface area contributed by atoms with E-state index in [-0.39, 0.29) is 11.7 Å². The Morgan fingerprint density at radius 1 is 1.18 bits per heavy atom. The van der Waals surface area contributed by atoms with E-state index in [9.17, 15) is 4.79 Å². The fraction of sp³-hybridized carbons (Fsp3) is 0.471. The van der Waals surface area contributed by atoms with E-state index in [2.05, 4.69) is 22.3 Å². The number of rotatable bonds is 4. The molecule has 2 aromatic rings. The van der Waals surface area contributed by atoms with Crippen molar-refractivity contribution >= 4 is 0 Å². The Hall–Kier alpha value is -1.85. The molecule has 1 aromatic carbocycles. The van der Waals surface area contributed by atoms with Gasteiger partial charge in [0.25, 0.3) is 0 Å². The second-order valence-corrected chi connectivity index (χ2v) is 6.15. The molecular formula is C17H24N4O. The summed E-state index contributed by atoms with van der Waals surface area (Å²) in [5, 5.41) is 3.37. The van der Waals surface area contributed by atoms with Gasteiger partial charge in [0.2, 0.25) is 0 Å². The first-order valence-electron chi connectivity index (χ1n) is 7.97. The predicted octanol–water partition coefficient (Wildman–Crippen LogP) is 1.63. The van der Waals surface area contributed by atoms with Crippen molar-refractivity contribution in [2.45, 2.75) is 26.4 Å². The van der Waals surface area contributed by atoms with Crippen molar-refractivity contribution in [3.05, 3.63) is 52.7 Å². The first kappa shape index (κ1) is 15.1. The molecule has 0 bridgehead atoms. The number of hydrogen-bond acceptors (Lipinski definition) is 3. The third-order valence-corrected chi connectivity index (χ3v) is 4.16. The molecule has 1 saturated heterocycles. The monoisotopic (exact) mass is 300 g/mol. The average molecular weight is 300 g/mol. The fourth-order valence-corrected chi connectivity index (χ4v) is 2.91. The molecule has 5 heteroatoms. The van der Waals surface area contributed by atoms with Crippen LogP contribution in [0.1, 0.15) is 25.5 Å². The van der Waals surface area contributed by atoms with E-state index < -0.39 is 0 Å². The summed E-state index contributed by atoms with van der Waals surface area (Å²) in [6.07, 6.45) is 3.71. The summed E-state index contributed by atoms with van der Waals surface area (Å²) in [6, 6.07) is 8.46. The third kappa shape index (κ3) is 3.15. The minimum Gasteiger partial charge on any atom is -0.314 e. The normalized spacial score (nSPS) is 16.3. The molecule has 22 heavy (non-hydrogen) atoms. The Labute approximate surface area is 131 Å². The number of nitrogens with one attached hydrogen (secondary N) is 1. The van der Waals surface area contributed by atoms with Gasteiger partial charge in [-0.25, -0.2) is 4.79 Å². The molecule has 1 N–H and O–H groups in total. The Balaban J connectivity index is 1.83. The maximum absolute atomic E-state index is 12.4. The first-order valence-corrected chi connectivity index (χ1v) is 7.97. The van der Waals surface area contributed by atoms with Crippen LogP contribution in [-0.4, -0.2) is 40.2 Å². The predicted molar refractivity (Wildman–Crippen MR) is 88.6 cm³/mol. The van der Waals surface area contributed by atoms with Crippen molar-refractivity contribution in [3.8, 4) is 5.69 Å². The zero-order chi connectivity index (χ0) is 15.5. The van der Waals surface area contributed by atoms with E-state index >= 15 is 0 Å². The maximum Gasteiger partial charge on any atom is 0.332 e. The molecule has 1 fully saturated rings. The highest BCUT2D eigenvalue weighted by Gasteiger charge is 2.11. The van der Waals surface area contributed by atoms with Crippen LogP contribution in [0.15, 0.2) is 41.5 Å². The van der Waals surface area contributed by atoms with Gasteiger partial charge >= 0.3 is 5.69 Å². The standard InChI is InChI=1S/C17H24N4O/c1-14(2)20-10-11-21(17(20)22)16-5-3-4-15(12-16)13-19-8-6-18-7-9-19/h3-5,10-12,14,18H,6-9,13H2,1-2H3. The van der Waals surface area contributed by atoms with Crippen LogP contribution in [0.5, 0.6) is 0 Å². The van der Waals surface area contributed by atoms with Crippen molar-refractivity contribution in [2.75, 3.05) is 26.2 Å². The van der Waals surface area contributed by atoms with Gasteiger partial charge in [-0.1, -0.05) is 12.1 Å². The van der Waals surface area contributed by atoms with Gasteiger partial charge in [0, 0.05) is 51.2 Å². The highest BCUT2D eigenvalue weighted by atomic mass is 16.1. The molecule has 5 nitrogen and oxygen atoms in total. The summed E-state index contributed by atoms with van der Waals surface area (Å²) in [5.41, 5.74) is 2.22. The largest absolute Gasteiger partial charge is 0.332 e. The smallest absolute Gasteiger partial charge is 0.314 e. The minimum atomic E-state index is 0.0225. The van der Waals surface area contributed by atoms with Crippen molar-refractivity contribution in [3.63, 3.8) is 0 Å². The van der Waals surface area contributed by atoms with Crippen molar-refractivity contribution in [2.24, 2.45) is 0 Å². The van der Waals surface area contributed by atoms with E-state index in [4.69, 9.17) is 0 Å². The molecule has 0 radical (unpaired) electrons. The molecule has 0 atom stereocenters. The molecule has 1 aliphatic rings. The average Bonchev–Trinajstić information content (AvgIpc) is 2.90. The van der Waals surface area contributed by atoms with E-state index in [1.54, 1.807) is 9.13 Å². The van der Waals surface area contributed by atoms with Crippen LogP contribution < -0.4 is 11.0 Å². The quantitative estimate of drug-likeness (QED) is 0.933. The minimum absolute atomic E-state index is 0.0225. The van der Waals surface area contributed by atoms with Gasteiger partial charge in [-0.05, 0) is 31.5 Å². The topological polar surface area (TPSA) is 42.2 Å².